The minimum atomic E-state index is -3.05. The van der Waals surface area contributed by atoms with E-state index in [-0.39, 0.29) is 36.0 Å². The van der Waals surface area contributed by atoms with E-state index in [0.29, 0.717) is 31.0 Å². The van der Waals surface area contributed by atoms with Crippen molar-refractivity contribution in [1.82, 2.24) is 10.1 Å². The number of sulfone groups is 1. The van der Waals surface area contributed by atoms with Gasteiger partial charge in [0.2, 0.25) is 5.91 Å². The smallest absolute Gasteiger partial charge is 0.227 e. The largest absolute Gasteiger partial charge is 0.376 e. The topological polar surface area (TPSA) is 89.7 Å². The molecule has 1 aromatic heterocycles. The lowest BCUT2D eigenvalue weighted by Crippen LogP contribution is -2.46. The highest BCUT2D eigenvalue weighted by Gasteiger charge is 2.36. The van der Waals surface area contributed by atoms with Crippen LogP contribution in [0.3, 0.4) is 0 Å². The van der Waals surface area contributed by atoms with Crippen LogP contribution in [-0.2, 0) is 25.8 Å². The molecule has 1 amide bonds. The summed E-state index contributed by atoms with van der Waals surface area (Å²) in [6.45, 7) is 4.76. The van der Waals surface area contributed by atoms with Crippen molar-refractivity contribution < 1.29 is 22.5 Å². The second-order valence-electron chi connectivity index (χ2n) is 6.72. The molecule has 0 aromatic carbocycles. The van der Waals surface area contributed by atoms with Gasteiger partial charge in [0.15, 0.2) is 9.84 Å². The molecule has 1 aromatic rings. The van der Waals surface area contributed by atoms with E-state index >= 15 is 0 Å². The van der Waals surface area contributed by atoms with Crippen molar-refractivity contribution in [3.63, 3.8) is 0 Å². The van der Waals surface area contributed by atoms with Crippen LogP contribution in [0.15, 0.2) is 4.52 Å². The highest BCUT2D eigenvalue weighted by atomic mass is 32.2. The number of aryl methyl sites for hydroxylation is 2. The fourth-order valence-corrected chi connectivity index (χ4v) is 5.22. The number of hydrogen-bond acceptors (Lipinski definition) is 6. The monoisotopic (exact) mass is 356 g/mol. The Morgan fingerprint density at radius 3 is 2.67 bits per heavy atom. The first-order valence-electron chi connectivity index (χ1n) is 8.39. The summed E-state index contributed by atoms with van der Waals surface area (Å²) in [6, 6.07) is -0.257. The van der Waals surface area contributed by atoms with E-state index in [1.807, 2.05) is 6.92 Å². The lowest BCUT2D eigenvalue weighted by Gasteiger charge is -2.30. The summed E-state index contributed by atoms with van der Waals surface area (Å²) in [5.74, 6) is 0.754. The Kier molecular flexibility index (Phi) is 4.96. The van der Waals surface area contributed by atoms with E-state index in [1.54, 1.807) is 11.8 Å². The van der Waals surface area contributed by atoms with Crippen molar-refractivity contribution >= 4 is 15.7 Å². The summed E-state index contributed by atoms with van der Waals surface area (Å²) in [4.78, 5) is 14.6. The van der Waals surface area contributed by atoms with Crippen LogP contribution < -0.4 is 0 Å². The van der Waals surface area contributed by atoms with E-state index in [4.69, 9.17) is 9.26 Å². The summed E-state index contributed by atoms with van der Waals surface area (Å²) < 4.78 is 34.5. The zero-order valence-electron chi connectivity index (χ0n) is 14.2. The number of hydrogen-bond donors (Lipinski definition) is 0. The molecule has 24 heavy (non-hydrogen) atoms. The molecule has 3 heterocycles. The number of nitrogens with zero attached hydrogens (tertiary/aromatic N) is 2. The Morgan fingerprint density at radius 1 is 1.33 bits per heavy atom. The number of aromatic nitrogens is 1. The third-order valence-corrected chi connectivity index (χ3v) is 6.65. The molecule has 0 spiro atoms. The van der Waals surface area contributed by atoms with E-state index in [2.05, 4.69) is 5.16 Å². The number of carbonyl (C=O) groups excluding carboxylic acids is 1. The fourth-order valence-electron chi connectivity index (χ4n) is 3.49. The van der Waals surface area contributed by atoms with Crippen LogP contribution in [0, 0.1) is 13.8 Å². The molecule has 2 fully saturated rings. The van der Waals surface area contributed by atoms with Gasteiger partial charge < -0.3 is 14.2 Å². The normalized spacial score (nSPS) is 25.9. The SMILES string of the molecule is Cc1noc(C)c1CC(=O)N(C[C@H]1CCCO1)[C@@H]1CCS(=O)(=O)C1. The third kappa shape index (κ3) is 3.80. The Morgan fingerprint density at radius 2 is 2.12 bits per heavy atom. The summed E-state index contributed by atoms with van der Waals surface area (Å²) in [5.41, 5.74) is 1.50. The van der Waals surface area contributed by atoms with Gasteiger partial charge in [-0.2, -0.15) is 0 Å². The van der Waals surface area contributed by atoms with E-state index < -0.39 is 9.84 Å². The van der Waals surface area contributed by atoms with Crippen LogP contribution in [0.4, 0.5) is 0 Å². The maximum absolute atomic E-state index is 12.9. The number of amides is 1. The Hall–Kier alpha value is -1.41. The van der Waals surface area contributed by atoms with Crippen molar-refractivity contribution in [2.45, 2.75) is 51.7 Å². The number of ether oxygens (including phenoxy) is 1. The highest BCUT2D eigenvalue weighted by Crippen LogP contribution is 2.23. The molecule has 0 aliphatic carbocycles. The number of carbonyl (C=O) groups is 1. The van der Waals surface area contributed by atoms with Crippen molar-refractivity contribution in [1.29, 1.82) is 0 Å². The van der Waals surface area contributed by atoms with Gasteiger partial charge in [0.25, 0.3) is 0 Å². The van der Waals surface area contributed by atoms with Gasteiger partial charge in [0, 0.05) is 24.8 Å². The maximum atomic E-state index is 12.9. The minimum absolute atomic E-state index is 0.00178. The lowest BCUT2D eigenvalue weighted by molar-refractivity contribution is -0.134. The first kappa shape index (κ1) is 17.4. The second-order valence-corrected chi connectivity index (χ2v) is 8.95. The van der Waals surface area contributed by atoms with Crippen molar-refractivity contribution in [2.75, 3.05) is 24.7 Å². The molecule has 2 aliphatic rings. The summed E-state index contributed by atoms with van der Waals surface area (Å²) in [6.07, 6.45) is 2.59. The molecule has 2 aliphatic heterocycles. The van der Waals surface area contributed by atoms with Gasteiger partial charge in [-0.25, -0.2) is 8.42 Å². The van der Waals surface area contributed by atoms with Crippen LogP contribution in [0.2, 0.25) is 0 Å². The Bertz CT molecular complexity index is 687. The van der Waals surface area contributed by atoms with Crippen LogP contribution in [0.1, 0.15) is 36.3 Å². The minimum Gasteiger partial charge on any atom is -0.376 e. The summed E-state index contributed by atoms with van der Waals surface area (Å²) in [5, 5.41) is 3.89. The van der Waals surface area contributed by atoms with Gasteiger partial charge in [-0.3, -0.25) is 4.79 Å². The molecule has 2 atom stereocenters. The molecular weight excluding hydrogens is 332 g/mol. The van der Waals surface area contributed by atoms with Crippen LogP contribution >= 0.6 is 0 Å². The molecule has 8 heteroatoms. The van der Waals surface area contributed by atoms with Crippen LogP contribution in [0.5, 0.6) is 0 Å². The summed E-state index contributed by atoms with van der Waals surface area (Å²) >= 11 is 0. The third-order valence-electron chi connectivity index (χ3n) is 4.90. The average molecular weight is 356 g/mol. The molecule has 0 unspecified atom stereocenters. The molecule has 0 saturated carbocycles. The van der Waals surface area contributed by atoms with Gasteiger partial charge in [-0.1, -0.05) is 5.16 Å². The zero-order chi connectivity index (χ0) is 17.3. The van der Waals surface area contributed by atoms with Gasteiger partial charge in [-0.15, -0.1) is 0 Å². The van der Waals surface area contributed by atoms with E-state index in [0.717, 1.165) is 18.4 Å². The Labute approximate surface area is 142 Å². The molecule has 3 rings (SSSR count). The molecule has 7 nitrogen and oxygen atoms in total. The molecule has 0 N–H and O–H groups in total. The first-order chi connectivity index (χ1) is 11.4. The standard InChI is InChI=1S/C16H24N2O5S/c1-11-15(12(2)23-17-11)8-16(19)18(9-14-4-3-6-22-14)13-5-7-24(20,21)10-13/h13-14H,3-10H2,1-2H3/t13-,14-/m1/s1. The molecule has 2 saturated heterocycles. The number of rotatable bonds is 5. The van der Waals surface area contributed by atoms with Crippen molar-refractivity contribution in [2.24, 2.45) is 0 Å². The van der Waals surface area contributed by atoms with Crippen molar-refractivity contribution in [3.8, 4) is 0 Å². The second kappa shape index (κ2) is 6.84. The van der Waals surface area contributed by atoms with Gasteiger partial charge >= 0.3 is 0 Å². The van der Waals surface area contributed by atoms with Crippen LogP contribution in [0.25, 0.3) is 0 Å². The zero-order valence-corrected chi connectivity index (χ0v) is 15.0. The molecule has 0 bridgehead atoms. The quantitative estimate of drug-likeness (QED) is 0.783. The highest BCUT2D eigenvalue weighted by molar-refractivity contribution is 7.91. The Balaban J connectivity index is 1.76. The van der Waals surface area contributed by atoms with Crippen molar-refractivity contribution in [3.05, 3.63) is 17.0 Å². The average Bonchev–Trinajstić information content (AvgIpc) is 3.22. The lowest BCUT2D eigenvalue weighted by atomic mass is 10.1. The van der Waals surface area contributed by atoms with Crippen LogP contribution in [-0.4, -0.2) is 61.2 Å². The predicted molar refractivity (Wildman–Crippen MR) is 87.4 cm³/mol. The van der Waals surface area contributed by atoms with E-state index in [1.165, 1.54) is 0 Å². The van der Waals surface area contributed by atoms with Gasteiger partial charge in [0.1, 0.15) is 5.76 Å². The summed E-state index contributed by atoms with van der Waals surface area (Å²) in [7, 11) is -3.05. The molecule has 134 valence electrons. The maximum Gasteiger partial charge on any atom is 0.227 e. The molecular formula is C16H24N2O5S. The first-order valence-corrected chi connectivity index (χ1v) is 10.2. The van der Waals surface area contributed by atoms with Gasteiger partial charge in [0.05, 0.1) is 29.7 Å². The van der Waals surface area contributed by atoms with E-state index in [9.17, 15) is 13.2 Å². The van der Waals surface area contributed by atoms with Gasteiger partial charge in [-0.05, 0) is 33.1 Å². The fraction of sp³-hybridized carbons (Fsp3) is 0.750. The molecule has 0 radical (unpaired) electrons. The predicted octanol–water partition coefficient (Wildman–Crippen LogP) is 1.03.